The molecular weight excluding hydrogens is 202 g/mol. The van der Waals surface area contributed by atoms with E-state index in [1.54, 1.807) is 14.2 Å². The van der Waals surface area contributed by atoms with Crippen molar-refractivity contribution in [3.63, 3.8) is 0 Å². The molecular formula is C13H21NO2. The summed E-state index contributed by atoms with van der Waals surface area (Å²) >= 11 is 0. The van der Waals surface area contributed by atoms with Crippen LogP contribution in [0.4, 0.5) is 0 Å². The van der Waals surface area contributed by atoms with E-state index in [0.29, 0.717) is 0 Å². The lowest BCUT2D eigenvalue weighted by Gasteiger charge is -2.23. The lowest BCUT2D eigenvalue weighted by Crippen LogP contribution is -2.16. The summed E-state index contributed by atoms with van der Waals surface area (Å²) in [6.45, 7) is 6.44. The molecule has 1 aromatic carbocycles. The summed E-state index contributed by atoms with van der Waals surface area (Å²) in [4.78, 5) is 0. The lowest BCUT2D eigenvalue weighted by molar-refractivity contribution is 0.109. The zero-order valence-corrected chi connectivity index (χ0v) is 10.7. The van der Waals surface area contributed by atoms with Gasteiger partial charge in [0.25, 0.3) is 0 Å². The van der Waals surface area contributed by atoms with Crippen LogP contribution in [0.1, 0.15) is 38.1 Å². The first-order valence-electron chi connectivity index (χ1n) is 5.37. The number of hydrogen-bond acceptors (Lipinski definition) is 3. The second-order valence-corrected chi connectivity index (χ2v) is 4.87. The molecule has 2 N–H and O–H groups in total. The first kappa shape index (κ1) is 13.0. The van der Waals surface area contributed by atoms with Crippen LogP contribution in [0.2, 0.25) is 0 Å². The van der Waals surface area contributed by atoms with Crippen molar-refractivity contribution in [1.82, 2.24) is 0 Å². The Balaban J connectivity index is 3.22. The van der Waals surface area contributed by atoms with E-state index in [4.69, 9.17) is 15.2 Å². The molecule has 1 atom stereocenters. The minimum Gasteiger partial charge on any atom is -0.496 e. The van der Waals surface area contributed by atoms with Crippen molar-refractivity contribution in [2.45, 2.75) is 32.4 Å². The molecule has 0 aromatic heterocycles. The maximum absolute atomic E-state index is 5.83. The number of ether oxygens (including phenoxy) is 2. The van der Waals surface area contributed by atoms with E-state index in [0.717, 1.165) is 16.9 Å². The third-order valence-electron chi connectivity index (χ3n) is 2.61. The Morgan fingerprint density at radius 1 is 1.19 bits per heavy atom. The Morgan fingerprint density at radius 2 is 1.81 bits per heavy atom. The summed E-state index contributed by atoms with van der Waals surface area (Å²) in [5.41, 5.74) is 7.96. The SMILES string of the molecule is COc1ccc(C(N)OC)cc1C(C)(C)C. The summed E-state index contributed by atoms with van der Waals surface area (Å²) in [6, 6.07) is 5.92. The molecule has 0 aliphatic carbocycles. The molecule has 0 saturated heterocycles. The quantitative estimate of drug-likeness (QED) is 0.801. The second kappa shape index (κ2) is 4.85. The maximum atomic E-state index is 5.83. The van der Waals surface area contributed by atoms with Crippen molar-refractivity contribution >= 4 is 0 Å². The number of rotatable bonds is 3. The van der Waals surface area contributed by atoms with Crippen molar-refractivity contribution in [1.29, 1.82) is 0 Å². The highest BCUT2D eigenvalue weighted by atomic mass is 16.5. The van der Waals surface area contributed by atoms with Crippen LogP contribution in [0, 0.1) is 0 Å². The van der Waals surface area contributed by atoms with E-state index in [1.807, 2.05) is 18.2 Å². The molecule has 1 rings (SSSR count). The summed E-state index contributed by atoms with van der Waals surface area (Å²) in [6.07, 6.45) is -0.382. The summed E-state index contributed by atoms with van der Waals surface area (Å²) < 4.78 is 10.5. The fourth-order valence-corrected chi connectivity index (χ4v) is 1.62. The van der Waals surface area contributed by atoms with Gasteiger partial charge in [-0.3, -0.25) is 0 Å². The maximum Gasteiger partial charge on any atom is 0.131 e. The van der Waals surface area contributed by atoms with Gasteiger partial charge >= 0.3 is 0 Å². The molecule has 3 nitrogen and oxygen atoms in total. The third kappa shape index (κ3) is 2.74. The highest BCUT2D eigenvalue weighted by Gasteiger charge is 2.20. The molecule has 0 saturated carbocycles. The Hall–Kier alpha value is -1.06. The van der Waals surface area contributed by atoms with Crippen molar-refractivity contribution in [3.05, 3.63) is 29.3 Å². The zero-order valence-electron chi connectivity index (χ0n) is 10.7. The van der Waals surface area contributed by atoms with Crippen LogP contribution in [0.5, 0.6) is 5.75 Å². The average molecular weight is 223 g/mol. The van der Waals surface area contributed by atoms with Crippen LogP contribution in [-0.2, 0) is 10.2 Å². The molecule has 0 aliphatic heterocycles. The lowest BCUT2D eigenvalue weighted by atomic mass is 9.85. The Morgan fingerprint density at radius 3 is 2.25 bits per heavy atom. The van der Waals surface area contributed by atoms with Crippen molar-refractivity contribution in [2.75, 3.05) is 14.2 Å². The molecule has 0 amide bonds. The highest BCUT2D eigenvalue weighted by Crippen LogP contribution is 2.33. The molecule has 0 spiro atoms. The fraction of sp³-hybridized carbons (Fsp3) is 0.538. The number of nitrogens with two attached hydrogens (primary N) is 1. The zero-order chi connectivity index (χ0) is 12.3. The van der Waals surface area contributed by atoms with E-state index >= 15 is 0 Å². The molecule has 1 unspecified atom stereocenters. The highest BCUT2D eigenvalue weighted by molar-refractivity contribution is 5.42. The van der Waals surface area contributed by atoms with Gasteiger partial charge in [-0.25, -0.2) is 0 Å². The summed E-state index contributed by atoms with van der Waals surface area (Å²) in [5, 5.41) is 0. The summed E-state index contributed by atoms with van der Waals surface area (Å²) in [7, 11) is 3.28. The molecule has 0 radical (unpaired) electrons. The minimum absolute atomic E-state index is 0.0226. The second-order valence-electron chi connectivity index (χ2n) is 4.87. The van der Waals surface area contributed by atoms with Gasteiger partial charge in [0, 0.05) is 7.11 Å². The molecule has 1 aromatic rings. The van der Waals surface area contributed by atoms with E-state index in [9.17, 15) is 0 Å². The number of methoxy groups -OCH3 is 2. The smallest absolute Gasteiger partial charge is 0.131 e. The van der Waals surface area contributed by atoms with Gasteiger partial charge in [-0.2, -0.15) is 0 Å². The fourth-order valence-electron chi connectivity index (χ4n) is 1.62. The predicted molar refractivity (Wildman–Crippen MR) is 65.6 cm³/mol. The van der Waals surface area contributed by atoms with Crippen LogP contribution in [0.15, 0.2) is 18.2 Å². The van der Waals surface area contributed by atoms with Crippen molar-refractivity contribution < 1.29 is 9.47 Å². The molecule has 0 bridgehead atoms. The van der Waals surface area contributed by atoms with Gasteiger partial charge in [0.2, 0.25) is 0 Å². The molecule has 90 valence electrons. The van der Waals surface area contributed by atoms with Gasteiger partial charge in [0.15, 0.2) is 0 Å². The normalized spacial score (nSPS) is 13.6. The van der Waals surface area contributed by atoms with Crippen LogP contribution in [0.25, 0.3) is 0 Å². The Labute approximate surface area is 97.6 Å². The van der Waals surface area contributed by atoms with E-state index in [-0.39, 0.29) is 11.6 Å². The van der Waals surface area contributed by atoms with Gasteiger partial charge in [-0.15, -0.1) is 0 Å². The predicted octanol–water partition coefficient (Wildman–Crippen LogP) is 2.60. The first-order valence-corrected chi connectivity index (χ1v) is 5.37. The summed E-state index contributed by atoms with van der Waals surface area (Å²) in [5.74, 6) is 0.888. The van der Waals surface area contributed by atoms with E-state index in [2.05, 4.69) is 20.8 Å². The van der Waals surface area contributed by atoms with Gasteiger partial charge in [-0.05, 0) is 28.7 Å². The molecule has 0 fully saturated rings. The van der Waals surface area contributed by atoms with Gasteiger partial charge in [-0.1, -0.05) is 26.8 Å². The van der Waals surface area contributed by atoms with Crippen LogP contribution in [-0.4, -0.2) is 14.2 Å². The number of hydrogen-bond donors (Lipinski definition) is 1. The third-order valence-corrected chi connectivity index (χ3v) is 2.61. The number of benzene rings is 1. The van der Waals surface area contributed by atoms with Crippen LogP contribution >= 0.6 is 0 Å². The largest absolute Gasteiger partial charge is 0.496 e. The minimum atomic E-state index is -0.382. The standard InChI is InChI=1S/C13H21NO2/c1-13(2,3)10-8-9(12(14)16-5)6-7-11(10)15-4/h6-8,12H,14H2,1-5H3. The van der Waals surface area contributed by atoms with E-state index in [1.165, 1.54) is 0 Å². The molecule has 3 heteroatoms. The average Bonchev–Trinajstić information content (AvgIpc) is 2.26. The van der Waals surface area contributed by atoms with Crippen LogP contribution < -0.4 is 10.5 Å². The Kier molecular flexibility index (Phi) is 3.94. The van der Waals surface area contributed by atoms with E-state index < -0.39 is 0 Å². The topological polar surface area (TPSA) is 44.5 Å². The van der Waals surface area contributed by atoms with Gasteiger partial charge in [0.1, 0.15) is 12.0 Å². The monoisotopic (exact) mass is 223 g/mol. The Bertz CT molecular complexity index is 355. The van der Waals surface area contributed by atoms with Gasteiger partial charge in [0.05, 0.1) is 7.11 Å². The molecule has 0 heterocycles. The van der Waals surface area contributed by atoms with Gasteiger partial charge < -0.3 is 15.2 Å². The van der Waals surface area contributed by atoms with Crippen LogP contribution in [0.3, 0.4) is 0 Å². The van der Waals surface area contributed by atoms with Crippen molar-refractivity contribution in [3.8, 4) is 5.75 Å². The van der Waals surface area contributed by atoms with Crippen molar-refractivity contribution in [2.24, 2.45) is 5.73 Å². The molecule has 16 heavy (non-hydrogen) atoms. The first-order chi connectivity index (χ1) is 7.40. The molecule has 0 aliphatic rings.